The fourth-order valence-electron chi connectivity index (χ4n) is 1.59. The Balaban J connectivity index is 2.08. The SMILES string of the molecule is CN(Cc1ccsc1)C(=O)c1ccc(C(N)=S)cn1. The predicted molar refractivity (Wildman–Crippen MR) is 80.2 cm³/mol. The third kappa shape index (κ3) is 3.36. The molecule has 2 heterocycles. The smallest absolute Gasteiger partial charge is 0.272 e. The average molecular weight is 291 g/mol. The van der Waals surface area contributed by atoms with E-state index in [1.165, 1.54) is 6.20 Å². The lowest BCUT2D eigenvalue weighted by Gasteiger charge is -2.15. The Hall–Kier alpha value is -1.79. The van der Waals surface area contributed by atoms with Gasteiger partial charge in [-0.15, -0.1) is 0 Å². The van der Waals surface area contributed by atoms with Crippen LogP contribution >= 0.6 is 23.6 Å². The molecule has 0 saturated heterocycles. The van der Waals surface area contributed by atoms with Gasteiger partial charge in [-0.25, -0.2) is 0 Å². The van der Waals surface area contributed by atoms with E-state index in [1.54, 1.807) is 35.4 Å². The number of hydrogen-bond acceptors (Lipinski definition) is 4. The van der Waals surface area contributed by atoms with E-state index in [0.29, 0.717) is 17.8 Å². The molecule has 0 bridgehead atoms. The van der Waals surface area contributed by atoms with Gasteiger partial charge >= 0.3 is 0 Å². The minimum Gasteiger partial charge on any atom is -0.389 e. The Labute approximate surface area is 120 Å². The van der Waals surface area contributed by atoms with E-state index in [-0.39, 0.29) is 10.9 Å². The van der Waals surface area contributed by atoms with Crippen molar-refractivity contribution in [1.82, 2.24) is 9.88 Å². The summed E-state index contributed by atoms with van der Waals surface area (Å²) in [5.41, 5.74) is 7.65. The third-order valence-electron chi connectivity index (χ3n) is 2.61. The van der Waals surface area contributed by atoms with Gasteiger partial charge in [0.25, 0.3) is 5.91 Å². The zero-order chi connectivity index (χ0) is 13.8. The van der Waals surface area contributed by atoms with Gasteiger partial charge in [0.05, 0.1) is 0 Å². The molecule has 2 N–H and O–H groups in total. The number of thiocarbonyl (C=S) groups is 1. The van der Waals surface area contributed by atoms with Crippen LogP contribution in [0.2, 0.25) is 0 Å². The second kappa shape index (κ2) is 5.90. The number of nitrogens with zero attached hydrogens (tertiary/aromatic N) is 2. The highest BCUT2D eigenvalue weighted by atomic mass is 32.1. The minimum absolute atomic E-state index is 0.124. The molecule has 0 atom stereocenters. The van der Waals surface area contributed by atoms with E-state index in [1.807, 2.05) is 16.8 Å². The zero-order valence-electron chi connectivity index (χ0n) is 10.4. The van der Waals surface area contributed by atoms with Crippen LogP contribution in [0.4, 0.5) is 0 Å². The molecule has 98 valence electrons. The number of amides is 1. The van der Waals surface area contributed by atoms with Gasteiger partial charge in [-0.3, -0.25) is 9.78 Å². The standard InChI is InChI=1S/C13H13N3OS2/c1-16(7-9-4-5-19-8-9)13(17)11-3-2-10(6-15-11)12(14)18/h2-6,8H,7H2,1H3,(H2,14,18). The summed E-state index contributed by atoms with van der Waals surface area (Å²) in [5.74, 6) is -0.124. The Morgan fingerprint density at radius 2 is 2.26 bits per heavy atom. The fourth-order valence-corrected chi connectivity index (χ4v) is 2.37. The molecule has 0 radical (unpaired) electrons. The molecule has 6 heteroatoms. The number of thiophene rings is 1. The maximum absolute atomic E-state index is 12.2. The normalized spacial score (nSPS) is 10.2. The predicted octanol–water partition coefficient (Wildman–Crippen LogP) is 2.05. The lowest BCUT2D eigenvalue weighted by molar-refractivity contribution is 0.0779. The van der Waals surface area contributed by atoms with Crippen molar-refractivity contribution in [3.63, 3.8) is 0 Å². The van der Waals surface area contributed by atoms with Crippen molar-refractivity contribution in [3.8, 4) is 0 Å². The number of pyridine rings is 1. The summed E-state index contributed by atoms with van der Waals surface area (Å²) in [6, 6.07) is 5.35. The van der Waals surface area contributed by atoms with E-state index in [0.717, 1.165) is 5.56 Å². The molecular weight excluding hydrogens is 278 g/mol. The number of carbonyl (C=O) groups excluding carboxylic acids is 1. The first-order valence-electron chi connectivity index (χ1n) is 5.60. The van der Waals surface area contributed by atoms with E-state index in [2.05, 4.69) is 4.98 Å². The second-order valence-corrected chi connectivity index (χ2v) is 5.31. The van der Waals surface area contributed by atoms with Crippen LogP contribution in [-0.2, 0) is 6.54 Å². The van der Waals surface area contributed by atoms with Crippen LogP contribution in [0, 0.1) is 0 Å². The number of hydrogen-bond donors (Lipinski definition) is 1. The van der Waals surface area contributed by atoms with E-state index >= 15 is 0 Å². The number of carbonyl (C=O) groups is 1. The van der Waals surface area contributed by atoms with Gasteiger partial charge in [0.15, 0.2) is 0 Å². The largest absolute Gasteiger partial charge is 0.389 e. The van der Waals surface area contributed by atoms with Crippen molar-refractivity contribution in [2.45, 2.75) is 6.54 Å². The molecule has 0 fully saturated rings. The van der Waals surface area contributed by atoms with Crippen LogP contribution in [0.25, 0.3) is 0 Å². The summed E-state index contributed by atoms with van der Waals surface area (Å²) < 4.78 is 0. The molecule has 0 saturated carbocycles. The van der Waals surface area contributed by atoms with Crippen molar-refractivity contribution < 1.29 is 4.79 Å². The summed E-state index contributed by atoms with van der Waals surface area (Å²) in [6.45, 7) is 0.571. The van der Waals surface area contributed by atoms with Crippen LogP contribution in [0.15, 0.2) is 35.2 Å². The van der Waals surface area contributed by atoms with Crippen LogP contribution in [0.1, 0.15) is 21.6 Å². The number of nitrogens with two attached hydrogens (primary N) is 1. The Kier molecular flexibility index (Phi) is 4.24. The first kappa shape index (κ1) is 13.6. The topological polar surface area (TPSA) is 59.2 Å². The van der Waals surface area contributed by atoms with Crippen LogP contribution in [0.5, 0.6) is 0 Å². The van der Waals surface area contributed by atoms with E-state index in [4.69, 9.17) is 18.0 Å². The lowest BCUT2D eigenvalue weighted by Crippen LogP contribution is -2.27. The van der Waals surface area contributed by atoms with E-state index in [9.17, 15) is 4.79 Å². The molecule has 2 rings (SSSR count). The first-order valence-corrected chi connectivity index (χ1v) is 6.95. The van der Waals surface area contributed by atoms with Gasteiger partial charge in [0.2, 0.25) is 0 Å². The summed E-state index contributed by atoms with van der Waals surface area (Å²) in [6.07, 6.45) is 1.52. The monoisotopic (exact) mass is 291 g/mol. The maximum atomic E-state index is 12.2. The molecule has 1 amide bonds. The maximum Gasteiger partial charge on any atom is 0.272 e. The number of aromatic nitrogens is 1. The highest BCUT2D eigenvalue weighted by molar-refractivity contribution is 7.80. The van der Waals surface area contributed by atoms with Crippen LogP contribution in [-0.4, -0.2) is 27.8 Å². The van der Waals surface area contributed by atoms with Gasteiger partial charge in [-0.2, -0.15) is 11.3 Å². The molecule has 0 aliphatic carbocycles. The summed E-state index contributed by atoms with van der Waals surface area (Å²) in [4.78, 5) is 18.2. The van der Waals surface area contributed by atoms with Crippen molar-refractivity contribution in [2.24, 2.45) is 5.73 Å². The van der Waals surface area contributed by atoms with Gasteiger partial charge in [0, 0.05) is 25.4 Å². The summed E-state index contributed by atoms with van der Waals surface area (Å²) in [7, 11) is 1.75. The van der Waals surface area contributed by atoms with Crippen molar-refractivity contribution in [1.29, 1.82) is 0 Å². The number of rotatable bonds is 4. The second-order valence-electron chi connectivity index (χ2n) is 4.09. The van der Waals surface area contributed by atoms with Gasteiger partial charge in [0.1, 0.15) is 10.7 Å². The van der Waals surface area contributed by atoms with Gasteiger partial charge in [-0.1, -0.05) is 12.2 Å². The fraction of sp³-hybridized carbons (Fsp3) is 0.154. The van der Waals surface area contributed by atoms with Gasteiger partial charge < -0.3 is 10.6 Å². The Morgan fingerprint density at radius 1 is 1.47 bits per heavy atom. The van der Waals surface area contributed by atoms with Crippen molar-refractivity contribution in [3.05, 3.63) is 52.0 Å². The summed E-state index contributed by atoms with van der Waals surface area (Å²) in [5, 5.41) is 4.01. The first-order chi connectivity index (χ1) is 9.08. The van der Waals surface area contributed by atoms with Gasteiger partial charge in [-0.05, 0) is 34.5 Å². The molecule has 0 aliphatic heterocycles. The van der Waals surface area contributed by atoms with Crippen molar-refractivity contribution in [2.75, 3.05) is 7.05 Å². The Bertz CT molecular complexity index is 578. The zero-order valence-corrected chi connectivity index (χ0v) is 12.0. The summed E-state index contributed by atoms with van der Waals surface area (Å²) >= 11 is 6.46. The van der Waals surface area contributed by atoms with Crippen LogP contribution < -0.4 is 5.73 Å². The van der Waals surface area contributed by atoms with E-state index < -0.39 is 0 Å². The highest BCUT2D eigenvalue weighted by Crippen LogP contribution is 2.10. The molecule has 19 heavy (non-hydrogen) atoms. The highest BCUT2D eigenvalue weighted by Gasteiger charge is 2.13. The molecule has 4 nitrogen and oxygen atoms in total. The molecule has 2 aromatic heterocycles. The molecule has 0 unspecified atom stereocenters. The average Bonchev–Trinajstić information content (AvgIpc) is 2.90. The quantitative estimate of drug-likeness (QED) is 0.876. The van der Waals surface area contributed by atoms with Crippen LogP contribution in [0.3, 0.4) is 0 Å². The molecule has 0 aliphatic rings. The molecular formula is C13H13N3OS2. The van der Waals surface area contributed by atoms with Crippen molar-refractivity contribution >= 4 is 34.5 Å². The minimum atomic E-state index is -0.124. The molecule has 0 aromatic carbocycles. The molecule has 0 spiro atoms. The Morgan fingerprint density at radius 3 is 2.79 bits per heavy atom. The third-order valence-corrected chi connectivity index (χ3v) is 3.58. The molecule has 2 aromatic rings. The lowest BCUT2D eigenvalue weighted by atomic mass is 10.2.